The zero-order valence-corrected chi connectivity index (χ0v) is 11.0. The lowest BCUT2D eigenvalue weighted by atomic mass is 10.2. The van der Waals surface area contributed by atoms with E-state index in [0.717, 1.165) is 5.56 Å². The molecule has 0 heterocycles. The second kappa shape index (κ2) is 6.58. The minimum absolute atomic E-state index is 0.117. The maximum atomic E-state index is 11.3. The predicted octanol–water partition coefficient (Wildman–Crippen LogP) is 2.94. The minimum atomic E-state index is -0.791. The van der Waals surface area contributed by atoms with Gasteiger partial charge in [0.1, 0.15) is 0 Å². The van der Waals surface area contributed by atoms with Gasteiger partial charge in [0.15, 0.2) is 11.7 Å². The van der Waals surface area contributed by atoms with Crippen LogP contribution in [0.5, 0.6) is 0 Å². The first kappa shape index (κ1) is 14.7. The zero-order valence-electron chi connectivity index (χ0n) is 11.0. The highest BCUT2D eigenvalue weighted by Gasteiger charge is 2.16. The molecule has 0 spiro atoms. The van der Waals surface area contributed by atoms with Crippen LogP contribution >= 0.6 is 0 Å². The van der Waals surface area contributed by atoms with E-state index >= 15 is 0 Å². The molecule has 1 atom stereocenters. The minimum Gasteiger partial charge on any atom is -0.464 e. The first-order valence-electron chi connectivity index (χ1n) is 5.78. The number of nitro groups is 1. The Balaban J connectivity index is 2.93. The molecule has 0 radical (unpaired) electrons. The van der Waals surface area contributed by atoms with E-state index in [-0.39, 0.29) is 18.0 Å². The monoisotopic (exact) mass is 265 g/mol. The van der Waals surface area contributed by atoms with E-state index in [4.69, 9.17) is 4.74 Å². The van der Waals surface area contributed by atoms with Crippen molar-refractivity contribution in [3.8, 4) is 0 Å². The highest BCUT2D eigenvalue weighted by molar-refractivity contribution is 5.75. The number of nitrogens with zero attached hydrogens (tertiary/aromatic N) is 3. The van der Waals surface area contributed by atoms with E-state index < -0.39 is 16.9 Å². The van der Waals surface area contributed by atoms with Gasteiger partial charge < -0.3 is 4.74 Å². The Morgan fingerprint density at radius 1 is 1.53 bits per heavy atom. The Kier molecular flexibility index (Phi) is 5.11. The van der Waals surface area contributed by atoms with Crippen LogP contribution in [-0.2, 0) is 9.53 Å². The van der Waals surface area contributed by atoms with E-state index in [1.54, 1.807) is 19.9 Å². The van der Waals surface area contributed by atoms with E-state index in [1.807, 2.05) is 0 Å². The van der Waals surface area contributed by atoms with Crippen molar-refractivity contribution >= 4 is 17.3 Å². The number of nitro benzene ring substituents is 1. The molecule has 1 aromatic carbocycles. The molecule has 1 aromatic rings. The summed E-state index contributed by atoms with van der Waals surface area (Å²) in [5.74, 6) is -0.513. The molecule has 1 unspecified atom stereocenters. The molecule has 0 aromatic heterocycles. The molecule has 7 heteroatoms. The van der Waals surface area contributed by atoms with Gasteiger partial charge in [0, 0.05) is 6.07 Å². The highest BCUT2D eigenvalue weighted by Crippen LogP contribution is 2.28. The summed E-state index contributed by atoms with van der Waals surface area (Å²) < 4.78 is 4.76. The van der Waals surface area contributed by atoms with Crippen molar-refractivity contribution < 1.29 is 14.5 Å². The molecule has 0 saturated carbocycles. The van der Waals surface area contributed by atoms with Gasteiger partial charge in [0.2, 0.25) is 0 Å². The lowest BCUT2D eigenvalue weighted by Gasteiger charge is -2.04. The van der Waals surface area contributed by atoms with Gasteiger partial charge in [-0.1, -0.05) is 6.07 Å². The Morgan fingerprint density at radius 3 is 2.79 bits per heavy atom. The lowest BCUT2D eigenvalue weighted by Crippen LogP contribution is -2.17. The summed E-state index contributed by atoms with van der Waals surface area (Å²) >= 11 is 0. The fourth-order valence-corrected chi connectivity index (χ4v) is 1.32. The van der Waals surface area contributed by atoms with Crippen molar-refractivity contribution in [3.05, 3.63) is 33.9 Å². The summed E-state index contributed by atoms with van der Waals surface area (Å²) in [6.07, 6.45) is 0. The first-order chi connectivity index (χ1) is 8.95. The second-order valence-corrected chi connectivity index (χ2v) is 3.89. The van der Waals surface area contributed by atoms with Crippen molar-refractivity contribution in [1.82, 2.24) is 0 Å². The largest absolute Gasteiger partial charge is 0.464 e. The molecule has 0 saturated heterocycles. The van der Waals surface area contributed by atoms with Crippen LogP contribution in [0.3, 0.4) is 0 Å². The Bertz CT molecular complexity index is 514. The number of hydrogen-bond acceptors (Lipinski definition) is 6. The normalized spacial score (nSPS) is 12.4. The zero-order chi connectivity index (χ0) is 14.4. The summed E-state index contributed by atoms with van der Waals surface area (Å²) in [5.41, 5.74) is 0.732. The average Bonchev–Trinajstić information content (AvgIpc) is 2.36. The maximum Gasteiger partial charge on any atom is 0.332 e. The first-order valence-corrected chi connectivity index (χ1v) is 5.78. The molecule has 0 amide bonds. The Hall–Kier alpha value is -2.31. The molecular weight excluding hydrogens is 250 g/mol. The van der Waals surface area contributed by atoms with Crippen molar-refractivity contribution in [2.45, 2.75) is 26.8 Å². The summed E-state index contributed by atoms with van der Waals surface area (Å²) in [4.78, 5) is 21.7. The van der Waals surface area contributed by atoms with Gasteiger partial charge in [-0.15, -0.1) is 5.11 Å². The van der Waals surface area contributed by atoms with Crippen molar-refractivity contribution in [1.29, 1.82) is 0 Å². The molecule has 0 fully saturated rings. The highest BCUT2D eigenvalue weighted by atomic mass is 16.6. The van der Waals surface area contributed by atoms with E-state index in [1.165, 1.54) is 19.1 Å². The molecule has 0 aliphatic carbocycles. The molecule has 19 heavy (non-hydrogen) atoms. The van der Waals surface area contributed by atoms with Gasteiger partial charge >= 0.3 is 5.97 Å². The van der Waals surface area contributed by atoms with E-state index in [9.17, 15) is 14.9 Å². The topological polar surface area (TPSA) is 94.2 Å². The summed E-state index contributed by atoms with van der Waals surface area (Å²) in [5, 5.41) is 18.4. The number of carbonyl (C=O) groups is 1. The number of aryl methyl sites for hydroxylation is 1. The van der Waals surface area contributed by atoms with Gasteiger partial charge in [-0.2, -0.15) is 5.11 Å². The summed E-state index contributed by atoms with van der Waals surface area (Å²) in [7, 11) is 0. The molecule has 0 N–H and O–H groups in total. The second-order valence-electron chi connectivity index (χ2n) is 3.89. The van der Waals surface area contributed by atoms with Crippen molar-refractivity contribution in [2.75, 3.05) is 6.61 Å². The third-order valence-corrected chi connectivity index (χ3v) is 2.29. The summed E-state index contributed by atoms with van der Waals surface area (Å²) in [6.45, 7) is 5.20. The van der Waals surface area contributed by atoms with Crippen LogP contribution in [-0.4, -0.2) is 23.5 Å². The molecular formula is C12H15N3O4. The average molecular weight is 265 g/mol. The maximum absolute atomic E-state index is 11.3. The standard InChI is InChI=1S/C12H15N3O4/c1-4-19-12(16)9(3)13-14-10-6-5-8(2)7-11(10)15(17)18/h5-7,9H,4H2,1-3H3. The molecule has 0 bridgehead atoms. The molecule has 1 rings (SSSR count). The van der Waals surface area contributed by atoms with E-state index in [2.05, 4.69) is 10.2 Å². The van der Waals surface area contributed by atoms with Gasteiger partial charge in [-0.05, 0) is 32.4 Å². The third-order valence-electron chi connectivity index (χ3n) is 2.29. The van der Waals surface area contributed by atoms with Gasteiger partial charge in [0.25, 0.3) is 5.69 Å². The van der Waals surface area contributed by atoms with Crippen molar-refractivity contribution in [3.63, 3.8) is 0 Å². The fourth-order valence-electron chi connectivity index (χ4n) is 1.32. The van der Waals surface area contributed by atoms with Crippen LogP contribution in [0, 0.1) is 17.0 Å². The number of azo groups is 1. The van der Waals surface area contributed by atoms with Crippen molar-refractivity contribution in [2.24, 2.45) is 10.2 Å². The number of ether oxygens (including phenoxy) is 1. The molecule has 0 aliphatic heterocycles. The molecule has 0 aliphatic rings. The molecule has 102 valence electrons. The van der Waals surface area contributed by atoms with E-state index in [0.29, 0.717) is 0 Å². The number of esters is 1. The Morgan fingerprint density at radius 2 is 2.21 bits per heavy atom. The number of benzene rings is 1. The van der Waals surface area contributed by atoms with Gasteiger partial charge in [-0.3, -0.25) is 10.1 Å². The van der Waals surface area contributed by atoms with Crippen LogP contribution in [0.2, 0.25) is 0 Å². The number of rotatable bonds is 5. The van der Waals surface area contributed by atoms with Gasteiger partial charge in [0.05, 0.1) is 11.5 Å². The van der Waals surface area contributed by atoms with Crippen LogP contribution in [0.15, 0.2) is 28.4 Å². The van der Waals surface area contributed by atoms with Crippen LogP contribution < -0.4 is 0 Å². The molecule has 7 nitrogen and oxygen atoms in total. The third kappa shape index (κ3) is 4.13. The van der Waals surface area contributed by atoms with Crippen LogP contribution in [0.4, 0.5) is 11.4 Å². The Labute approximate surface area is 110 Å². The fraction of sp³-hybridized carbons (Fsp3) is 0.417. The SMILES string of the molecule is CCOC(=O)C(C)N=Nc1ccc(C)cc1[N+](=O)[O-]. The number of hydrogen-bond donors (Lipinski definition) is 0. The predicted molar refractivity (Wildman–Crippen MR) is 68.4 cm³/mol. The van der Waals surface area contributed by atoms with Crippen LogP contribution in [0.25, 0.3) is 0 Å². The summed E-state index contributed by atoms with van der Waals surface area (Å²) in [6, 6.07) is 3.80. The van der Waals surface area contributed by atoms with Crippen LogP contribution in [0.1, 0.15) is 19.4 Å². The quantitative estimate of drug-likeness (QED) is 0.354. The van der Waals surface area contributed by atoms with Gasteiger partial charge in [-0.25, -0.2) is 4.79 Å². The smallest absolute Gasteiger partial charge is 0.332 e. The lowest BCUT2D eigenvalue weighted by molar-refractivity contribution is -0.384. The number of carbonyl (C=O) groups excluding carboxylic acids is 1.